The Labute approximate surface area is 131 Å². The lowest BCUT2D eigenvalue weighted by molar-refractivity contribution is 0.385. The van der Waals surface area contributed by atoms with Gasteiger partial charge in [0.15, 0.2) is 0 Å². The van der Waals surface area contributed by atoms with Crippen LogP contribution >= 0.6 is 0 Å². The molecule has 22 heavy (non-hydrogen) atoms. The van der Waals surface area contributed by atoms with Gasteiger partial charge in [-0.05, 0) is 62.1 Å². The van der Waals surface area contributed by atoms with Gasteiger partial charge in [0, 0.05) is 6.20 Å². The van der Waals surface area contributed by atoms with Gasteiger partial charge >= 0.3 is 0 Å². The molecule has 2 aromatic rings. The SMILES string of the molecule is COc1ncc(C)cc1S(=O)(=O)Nc1ccc(C)c(C)c1C. The molecule has 0 amide bonds. The molecule has 0 aliphatic carbocycles. The molecule has 0 fully saturated rings. The number of rotatable bonds is 4. The first kappa shape index (κ1) is 16.3. The number of nitrogens with zero attached hydrogens (tertiary/aromatic N) is 1. The van der Waals surface area contributed by atoms with E-state index in [1.54, 1.807) is 25.3 Å². The lowest BCUT2D eigenvalue weighted by Gasteiger charge is -2.15. The lowest BCUT2D eigenvalue weighted by atomic mass is 10.0. The van der Waals surface area contributed by atoms with Crippen LogP contribution in [0.4, 0.5) is 5.69 Å². The van der Waals surface area contributed by atoms with Gasteiger partial charge in [0.25, 0.3) is 10.0 Å². The number of benzene rings is 1. The summed E-state index contributed by atoms with van der Waals surface area (Å²) in [6.45, 7) is 7.64. The number of hydrogen-bond donors (Lipinski definition) is 1. The molecule has 0 saturated heterocycles. The third-order valence-corrected chi connectivity index (χ3v) is 5.10. The van der Waals surface area contributed by atoms with Gasteiger partial charge in [0.05, 0.1) is 12.8 Å². The molecule has 1 heterocycles. The average molecular weight is 320 g/mol. The molecule has 0 saturated carbocycles. The summed E-state index contributed by atoms with van der Waals surface area (Å²) in [4.78, 5) is 4.05. The fraction of sp³-hybridized carbons (Fsp3) is 0.312. The molecule has 0 unspecified atom stereocenters. The molecule has 6 heteroatoms. The van der Waals surface area contributed by atoms with Crippen molar-refractivity contribution >= 4 is 15.7 Å². The Morgan fingerprint density at radius 2 is 1.77 bits per heavy atom. The van der Waals surface area contributed by atoms with Crippen LogP contribution in [0.3, 0.4) is 0 Å². The Morgan fingerprint density at radius 3 is 2.41 bits per heavy atom. The zero-order valence-electron chi connectivity index (χ0n) is 13.4. The molecule has 0 spiro atoms. The predicted octanol–water partition coefficient (Wildman–Crippen LogP) is 3.12. The van der Waals surface area contributed by atoms with Crippen LogP contribution in [-0.4, -0.2) is 20.5 Å². The third-order valence-electron chi connectivity index (χ3n) is 3.74. The van der Waals surface area contributed by atoms with Crippen molar-refractivity contribution in [1.82, 2.24) is 4.98 Å². The first-order chi connectivity index (χ1) is 10.3. The maximum absolute atomic E-state index is 12.7. The van der Waals surface area contributed by atoms with Crippen molar-refractivity contribution in [3.8, 4) is 5.88 Å². The summed E-state index contributed by atoms with van der Waals surface area (Å²) in [5.74, 6) is 0.0830. The van der Waals surface area contributed by atoms with Crippen molar-refractivity contribution in [2.75, 3.05) is 11.8 Å². The van der Waals surface area contributed by atoms with Crippen LogP contribution in [-0.2, 0) is 10.0 Å². The minimum atomic E-state index is -3.77. The molecule has 0 aliphatic rings. The molecule has 1 aromatic heterocycles. The summed E-state index contributed by atoms with van der Waals surface area (Å²) in [6, 6.07) is 5.21. The number of pyridine rings is 1. The topological polar surface area (TPSA) is 68.3 Å². The number of aryl methyl sites for hydroxylation is 2. The number of nitrogens with one attached hydrogen (secondary N) is 1. The van der Waals surface area contributed by atoms with Gasteiger partial charge in [0.2, 0.25) is 5.88 Å². The second kappa shape index (κ2) is 5.96. The van der Waals surface area contributed by atoms with Gasteiger partial charge < -0.3 is 4.74 Å². The zero-order valence-corrected chi connectivity index (χ0v) is 14.2. The van der Waals surface area contributed by atoms with E-state index in [2.05, 4.69) is 9.71 Å². The maximum atomic E-state index is 12.7. The third kappa shape index (κ3) is 3.06. The Balaban J connectivity index is 2.49. The van der Waals surface area contributed by atoms with E-state index in [1.807, 2.05) is 26.8 Å². The van der Waals surface area contributed by atoms with Crippen molar-refractivity contribution in [2.24, 2.45) is 0 Å². The highest BCUT2D eigenvalue weighted by Gasteiger charge is 2.22. The highest BCUT2D eigenvalue weighted by Crippen LogP contribution is 2.27. The Morgan fingerprint density at radius 1 is 1.09 bits per heavy atom. The summed E-state index contributed by atoms with van der Waals surface area (Å²) < 4.78 is 33.0. The fourth-order valence-electron chi connectivity index (χ4n) is 2.14. The van der Waals surface area contributed by atoms with Gasteiger partial charge in [-0.25, -0.2) is 13.4 Å². The van der Waals surface area contributed by atoms with E-state index in [1.165, 1.54) is 7.11 Å². The quantitative estimate of drug-likeness (QED) is 0.940. The monoisotopic (exact) mass is 320 g/mol. The van der Waals surface area contributed by atoms with Gasteiger partial charge in [-0.15, -0.1) is 0 Å². The van der Waals surface area contributed by atoms with Crippen LogP contribution < -0.4 is 9.46 Å². The highest BCUT2D eigenvalue weighted by atomic mass is 32.2. The van der Waals surface area contributed by atoms with Crippen molar-refractivity contribution in [3.05, 3.63) is 46.6 Å². The largest absolute Gasteiger partial charge is 0.480 e. The molecule has 0 bridgehead atoms. The first-order valence-corrected chi connectivity index (χ1v) is 8.35. The Kier molecular flexibility index (Phi) is 4.42. The van der Waals surface area contributed by atoms with Crippen molar-refractivity contribution < 1.29 is 13.2 Å². The van der Waals surface area contributed by atoms with Crippen LogP contribution in [0, 0.1) is 27.7 Å². The summed E-state index contributed by atoms with van der Waals surface area (Å²) in [5, 5.41) is 0. The molecule has 1 N–H and O–H groups in total. The molecule has 0 aliphatic heterocycles. The second-order valence-electron chi connectivity index (χ2n) is 5.31. The zero-order chi connectivity index (χ0) is 16.5. The minimum Gasteiger partial charge on any atom is -0.480 e. The van der Waals surface area contributed by atoms with Crippen LogP contribution in [0.15, 0.2) is 29.3 Å². The standard InChI is InChI=1S/C16H20N2O3S/c1-10-8-15(16(21-5)17-9-10)22(19,20)18-14-7-6-11(2)12(3)13(14)4/h6-9,18H,1-5H3. The van der Waals surface area contributed by atoms with Crippen LogP contribution in [0.1, 0.15) is 22.3 Å². The summed E-state index contributed by atoms with van der Waals surface area (Å²) in [5.41, 5.74) is 4.40. The number of methoxy groups -OCH3 is 1. The lowest BCUT2D eigenvalue weighted by Crippen LogP contribution is -2.16. The first-order valence-electron chi connectivity index (χ1n) is 6.86. The van der Waals surface area contributed by atoms with E-state index < -0.39 is 10.0 Å². The molecule has 1 aromatic carbocycles. The number of hydrogen-bond acceptors (Lipinski definition) is 4. The smallest absolute Gasteiger partial charge is 0.267 e. The second-order valence-corrected chi connectivity index (χ2v) is 6.96. The van der Waals surface area contributed by atoms with Crippen LogP contribution in [0.25, 0.3) is 0 Å². The molecule has 0 radical (unpaired) electrons. The van der Waals surface area contributed by atoms with E-state index in [9.17, 15) is 8.42 Å². The van der Waals surface area contributed by atoms with Gasteiger partial charge in [-0.3, -0.25) is 4.72 Å². The predicted molar refractivity (Wildman–Crippen MR) is 87.0 cm³/mol. The molecular formula is C16H20N2O3S. The van der Waals surface area contributed by atoms with E-state index in [0.29, 0.717) is 5.69 Å². The Bertz CT molecular complexity index is 814. The molecule has 0 atom stereocenters. The van der Waals surface area contributed by atoms with Crippen LogP contribution in [0.5, 0.6) is 5.88 Å². The van der Waals surface area contributed by atoms with E-state index >= 15 is 0 Å². The van der Waals surface area contributed by atoms with Gasteiger partial charge in [-0.2, -0.15) is 0 Å². The normalized spacial score (nSPS) is 11.3. The maximum Gasteiger partial charge on any atom is 0.267 e. The number of anilines is 1. The molecular weight excluding hydrogens is 300 g/mol. The average Bonchev–Trinajstić information content (AvgIpc) is 2.48. The molecule has 2 rings (SSSR count). The summed E-state index contributed by atoms with van der Waals surface area (Å²) in [7, 11) is -2.37. The van der Waals surface area contributed by atoms with Gasteiger partial charge in [0.1, 0.15) is 4.90 Å². The summed E-state index contributed by atoms with van der Waals surface area (Å²) in [6.07, 6.45) is 1.57. The van der Waals surface area contributed by atoms with E-state index in [0.717, 1.165) is 22.3 Å². The van der Waals surface area contributed by atoms with Crippen molar-refractivity contribution in [1.29, 1.82) is 0 Å². The fourth-order valence-corrected chi connectivity index (χ4v) is 3.47. The number of aromatic nitrogens is 1. The van der Waals surface area contributed by atoms with Crippen molar-refractivity contribution in [3.63, 3.8) is 0 Å². The molecule has 5 nitrogen and oxygen atoms in total. The Hall–Kier alpha value is -2.08. The number of ether oxygens (including phenoxy) is 1. The van der Waals surface area contributed by atoms with E-state index in [4.69, 9.17) is 4.74 Å². The minimum absolute atomic E-state index is 0.0348. The molecule has 118 valence electrons. The van der Waals surface area contributed by atoms with Crippen molar-refractivity contribution in [2.45, 2.75) is 32.6 Å². The van der Waals surface area contributed by atoms with Crippen LogP contribution in [0.2, 0.25) is 0 Å². The number of sulfonamides is 1. The highest BCUT2D eigenvalue weighted by molar-refractivity contribution is 7.92. The summed E-state index contributed by atoms with van der Waals surface area (Å²) >= 11 is 0. The van der Waals surface area contributed by atoms with Gasteiger partial charge in [-0.1, -0.05) is 6.07 Å². The van der Waals surface area contributed by atoms with E-state index in [-0.39, 0.29) is 10.8 Å².